The monoisotopic (exact) mass is 269 g/mol. The Balaban J connectivity index is 2.11. The van der Waals surface area contributed by atoms with Crippen molar-refractivity contribution < 1.29 is 14.7 Å². The van der Waals surface area contributed by atoms with Gasteiger partial charge in [-0.15, -0.1) is 11.8 Å². The van der Waals surface area contributed by atoms with Crippen LogP contribution in [0.25, 0.3) is 0 Å². The Kier molecular flexibility index (Phi) is 3.90. The predicted octanol–water partition coefficient (Wildman–Crippen LogP) is 0.648. The molecule has 1 aliphatic rings. The molecule has 7 heteroatoms. The normalized spacial score (nSPS) is 23.3. The molecule has 1 saturated heterocycles. The first-order valence-electron chi connectivity index (χ1n) is 5.76. The number of rotatable bonds is 4. The Morgan fingerprint density at radius 1 is 1.56 bits per heavy atom. The van der Waals surface area contributed by atoms with Crippen LogP contribution >= 0.6 is 11.8 Å². The van der Waals surface area contributed by atoms with E-state index in [1.54, 1.807) is 18.5 Å². The Hall–Kier alpha value is -1.50. The van der Waals surface area contributed by atoms with Gasteiger partial charge < -0.3 is 10.0 Å². The van der Waals surface area contributed by atoms with Crippen LogP contribution in [0.5, 0.6) is 0 Å². The summed E-state index contributed by atoms with van der Waals surface area (Å²) in [5, 5.41) is 13.1. The topological polar surface area (TPSA) is 75.4 Å². The summed E-state index contributed by atoms with van der Waals surface area (Å²) in [5.74, 6) is -0.672. The number of amides is 1. The first-order valence-corrected chi connectivity index (χ1v) is 6.81. The van der Waals surface area contributed by atoms with Crippen molar-refractivity contribution >= 4 is 23.6 Å². The number of carboxylic acids is 1. The lowest BCUT2D eigenvalue weighted by Crippen LogP contribution is -2.46. The smallest absolute Gasteiger partial charge is 0.327 e. The highest BCUT2D eigenvalue weighted by Crippen LogP contribution is 2.31. The van der Waals surface area contributed by atoms with Crippen LogP contribution in [0.4, 0.5) is 0 Å². The second kappa shape index (κ2) is 5.43. The minimum Gasteiger partial charge on any atom is -0.480 e. The highest BCUT2D eigenvalue weighted by atomic mass is 32.2. The van der Waals surface area contributed by atoms with Crippen molar-refractivity contribution in [2.45, 2.75) is 31.3 Å². The van der Waals surface area contributed by atoms with Crippen LogP contribution in [0.15, 0.2) is 18.5 Å². The third-order valence-electron chi connectivity index (χ3n) is 2.87. The maximum atomic E-state index is 12.2. The van der Waals surface area contributed by atoms with E-state index in [1.807, 2.05) is 6.92 Å². The molecule has 6 nitrogen and oxygen atoms in total. The van der Waals surface area contributed by atoms with Gasteiger partial charge in [0.05, 0.1) is 5.37 Å². The number of hydrogen-bond acceptors (Lipinski definition) is 4. The fourth-order valence-corrected chi connectivity index (χ4v) is 3.39. The van der Waals surface area contributed by atoms with E-state index < -0.39 is 12.0 Å². The van der Waals surface area contributed by atoms with Crippen molar-refractivity contribution in [1.82, 2.24) is 14.7 Å². The zero-order chi connectivity index (χ0) is 13.1. The summed E-state index contributed by atoms with van der Waals surface area (Å²) >= 11 is 1.52. The zero-order valence-corrected chi connectivity index (χ0v) is 10.8. The van der Waals surface area contributed by atoms with E-state index in [2.05, 4.69) is 5.10 Å². The molecule has 0 saturated carbocycles. The molecule has 1 fully saturated rings. The summed E-state index contributed by atoms with van der Waals surface area (Å²) in [6, 6.07) is 1.01. The first-order chi connectivity index (χ1) is 8.63. The number of aliphatic carboxylic acids is 1. The van der Waals surface area contributed by atoms with Crippen LogP contribution < -0.4 is 0 Å². The molecule has 1 aliphatic heterocycles. The van der Waals surface area contributed by atoms with Crippen LogP contribution in [0.1, 0.15) is 13.3 Å². The Bertz CT molecular complexity index is 435. The van der Waals surface area contributed by atoms with Gasteiger partial charge in [-0.3, -0.25) is 9.48 Å². The van der Waals surface area contributed by atoms with Gasteiger partial charge in [-0.2, -0.15) is 5.10 Å². The number of carbonyl (C=O) groups excluding carboxylic acids is 1. The molecule has 2 atom stereocenters. The molecule has 2 rings (SSSR count). The van der Waals surface area contributed by atoms with Crippen molar-refractivity contribution in [3.05, 3.63) is 18.5 Å². The molecule has 2 unspecified atom stereocenters. The van der Waals surface area contributed by atoms with E-state index in [4.69, 9.17) is 5.11 Å². The van der Waals surface area contributed by atoms with E-state index in [1.165, 1.54) is 21.3 Å². The van der Waals surface area contributed by atoms with Crippen LogP contribution in [-0.2, 0) is 16.1 Å². The average molecular weight is 269 g/mol. The van der Waals surface area contributed by atoms with Crippen molar-refractivity contribution in [1.29, 1.82) is 0 Å². The molecule has 1 aromatic rings. The molecule has 0 bridgehead atoms. The third-order valence-corrected chi connectivity index (χ3v) is 4.32. The van der Waals surface area contributed by atoms with Crippen LogP contribution in [0, 0.1) is 0 Å². The molecule has 0 aromatic carbocycles. The summed E-state index contributed by atoms with van der Waals surface area (Å²) in [5.41, 5.74) is 0. The standard InChI is InChI=1S/C11H15N3O3S/c1-2-10-14(8(7-18-10)11(16)17)9(15)6-13-5-3-4-12-13/h3-5,8,10H,2,6-7H2,1H3,(H,16,17). The van der Waals surface area contributed by atoms with Gasteiger partial charge in [0, 0.05) is 18.1 Å². The molecular formula is C11H15N3O3S. The number of carbonyl (C=O) groups is 2. The maximum Gasteiger partial charge on any atom is 0.327 e. The van der Waals surface area contributed by atoms with E-state index in [0.717, 1.165) is 6.42 Å². The molecule has 1 N–H and O–H groups in total. The number of nitrogens with zero attached hydrogens (tertiary/aromatic N) is 3. The van der Waals surface area contributed by atoms with Crippen LogP contribution in [0.3, 0.4) is 0 Å². The number of thioether (sulfide) groups is 1. The van der Waals surface area contributed by atoms with Gasteiger partial charge in [0.25, 0.3) is 0 Å². The first kappa shape index (κ1) is 12.9. The molecule has 98 valence electrons. The second-order valence-electron chi connectivity index (χ2n) is 4.05. The van der Waals surface area contributed by atoms with Crippen molar-refractivity contribution in [3.8, 4) is 0 Å². The SMILES string of the molecule is CCC1SCC(C(=O)O)N1C(=O)Cn1cccn1. The molecule has 18 heavy (non-hydrogen) atoms. The van der Waals surface area contributed by atoms with Crippen molar-refractivity contribution in [2.75, 3.05) is 5.75 Å². The molecule has 0 spiro atoms. The Morgan fingerprint density at radius 3 is 2.89 bits per heavy atom. The maximum absolute atomic E-state index is 12.2. The van der Waals surface area contributed by atoms with E-state index in [9.17, 15) is 9.59 Å². The summed E-state index contributed by atoms with van der Waals surface area (Å²) in [7, 11) is 0. The minimum atomic E-state index is -0.938. The van der Waals surface area contributed by atoms with Gasteiger partial charge in [0.1, 0.15) is 12.6 Å². The quantitative estimate of drug-likeness (QED) is 0.868. The van der Waals surface area contributed by atoms with Gasteiger partial charge >= 0.3 is 5.97 Å². The Morgan fingerprint density at radius 2 is 2.33 bits per heavy atom. The largest absolute Gasteiger partial charge is 0.480 e. The van der Waals surface area contributed by atoms with Gasteiger partial charge in [0.15, 0.2) is 0 Å². The molecule has 1 aromatic heterocycles. The lowest BCUT2D eigenvalue weighted by molar-refractivity contribution is -0.149. The molecule has 0 radical (unpaired) electrons. The fraction of sp³-hybridized carbons (Fsp3) is 0.545. The number of hydrogen-bond donors (Lipinski definition) is 1. The number of carboxylic acid groups (broad SMARTS) is 1. The number of aromatic nitrogens is 2. The van der Waals surface area contributed by atoms with Crippen molar-refractivity contribution in [2.24, 2.45) is 0 Å². The van der Waals surface area contributed by atoms with Gasteiger partial charge in [0.2, 0.25) is 5.91 Å². The molecule has 2 heterocycles. The summed E-state index contributed by atoms with van der Waals surface area (Å²) in [6.07, 6.45) is 4.04. The molecule has 1 amide bonds. The minimum absolute atomic E-state index is 0.0471. The third kappa shape index (κ3) is 2.50. The average Bonchev–Trinajstić information content (AvgIpc) is 2.95. The van der Waals surface area contributed by atoms with E-state index in [-0.39, 0.29) is 17.8 Å². The summed E-state index contributed by atoms with van der Waals surface area (Å²) < 4.78 is 1.51. The second-order valence-corrected chi connectivity index (χ2v) is 5.27. The highest BCUT2D eigenvalue weighted by Gasteiger charge is 2.40. The van der Waals surface area contributed by atoms with E-state index >= 15 is 0 Å². The predicted molar refractivity (Wildman–Crippen MR) is 67.0 cm³/mol. The molecule has 0 aliphatic carbocycles. The van der Waals surface area contributed by atoms with Gasteiger partial charge in [-0.25, -0.2) is 4.79 Å². The molecular weight excluding hydrogens is 254 g/mol. The Labute approximate surface area is 109 Å². The zero-order valence-electron chi connectivity index (χ0n) is 10.0. The fourth-order valence-electron chi connectivity index (χ4n) is 2.02. The lowest BCUT2D eigenvalue weighted by atomic mass is 10.2. The lowest BCUT2D eigenvalue weighted by Gasteiger charge is -2.26. The van der Waals surface area contributed by atoms with Crippen LogP contribution in [0.2, 0.25) is 0 Å². The highest BCUT2D eigenvalue weighted by molar-refractivity contribution is 8.00. The van der Waals surface area contributed by atoms with Crippen molar-refractivity contribution in [3.63, 3.8) is 0 Å². The van der Waals surface area contributed by atoms with Gasteiger partial charge in [-0.05, 0) is 12.5 Å². The van der Waals surface area contributed by atoms with Crippen LogP contribution in [-0.4, -0.2) is 48.8 Å². The van der Waals surface area contributed by atoms with E-state index in [0.29, 0.717) is 5.75 Å². The summed E-state index contributed by atoms with van der Waals surface area (Å²) in [4.78, 5) is 24.8. The summed E-state index contributed by atoms with van der Waals surface area (Å²) in [6.45, 7) is 2.05. The van der Waals surface area contributed by atoms with Gasteiger partial charge in [-0.1, -0.05) is 6.92 Å².